The van der Waals surface area contributed by atoms with Gasteiger partial charge in [0.2, 0.25) is 5.91 Å². The lowest BCUT2D eigenvalue weighted by molar-refractivity contribution is -0.125. The van der Waals surface area contributed by atoms with Crippen molar-refractivity contribution in [3.05, 3.63) is 0 Å². The maximum Gasteiger partial charge on any atom is 0.405 e. The smallest absolute Gasteiger partial charge is 0.405 e. The highest BCUT2D eigenvalue weighted by atomic mass is 16.4. The molecule has 4 atom stereocenters. The molecule has 122 valence electrons. The Bertz CT molecular complexity index is 362. The molecule has 7 nitrogen and oxygen atoms in total. The molecule has 0 aromatic carbocycles. The van der Waals surface area contributed by atoms with E-state index in [9.17, 15) is 14.7 Å². The molecule has 1 heterocycles. The second-order valence-corrected chi connectivity index (χ2v) is 6.31. The van der Waals surface area contributed by atoms with Crippen LogP contribution >= 0.6 is 0 Å². The summed E-state index contributed by atoms with van der Waals surface area (Å²) in [6.45, 7) is 7.13. The standard InChI is InChI=1S/C14H27N3O4/c1-8(2)4-11(17-14(20)21)13(19)16-10-5-9(3)6-15-7-12(10)18/h8-12,15,17-18H,4-7H2,1-3H3,(H,16,19)(H,20,21)/t9?,10?,11?,12-/m0/s1. The van der Waals surface area contributed by atoms with E-state index >= 15 is 0 Å². The lowest BCUT2D eigenvalue weighted by atomic mass is 9.98. The third-order valence-corrected chi connectivity index (χ3v) is 3.62. The van der Waals surface area contributed by atoms with Gasteiger partial charge in [0.15, 0.2) is 0 Å². The van der Waals surface area contributed by atoms with Gasteiger partial charge in [-0.1, -0.05) is 20.8 Å². The van der Waals surface area contributed by atoms with Crippen LogP contribution in [0.15, 0.2) is 0 Å². The van der Waals surface area contributed by atoms with Gasteiger partial charge < -0.3 is 26.2 Å². The molecular formula is C14H27N3O4. The molecule has 7 heteroatoms. The number of rotatable bonds is 5. The highest BCUT2D eigenvalue weighted by Gasteiger charge is 2.29. The topological polar surface area (TPSA) is 111 Å². The first-order valence-corrected chi connectivity index (χ1v) is 7.48. The lowest BCUT2D eigenvalue weighted by Crippen LogP contribution is -2.53. The Labute approximate surface area is 125 Å². The average molecular weight is 301 g/mol. The van der Waals surface area contributed by atoms with Gasteiger partial charge in [0, 0.05) is 6.54 Å². The minimum absolute atomic E-state index is 0.187. The van der Waals surface area contributed by atoms with Crippen molar-refractivity contribution in [1.29, 1.82) is 0 Å². The molecule has 1 aliphatic rings. The second kappa shape index (κ2) is 8.19. The van der Waals surface area contributed by atoms with Crippen molar-refractivity contribution in [2.75, 3.05) is 13.1 Å². The van der Waals surface area contributed by atoms with Crippen molar-refractivity contribution in [2.24, 2.45) is 11.8 Å². The molecule has 0 aliphatic carbocycles. The number of nitrogens with one attached hydrogen (secondary N) is 3. The molecule has 0 aromatic heterocycles. The molecule has 3 unspecified atom stereocenters. The summed E-state index contributed by atoms with van der Waals surface area (Å²) in [5.41, 5.74) is 0. The van der Waals surface area contributed by atoms with Crippen molar-refractivity contribution in [3.8, 4) is 0 Å². The molecule has 1 aliphatic heterocycles. The van der Waals surface area contributed by atoms with Crippen LogP contribution in [0.2, 0.25) is 0 Å². The normalized spacial score (nSPS) is 27.8. The second-order valence-electron chi connectivity index (χ2n) is 6.31. The maximum absolute atomic E-state index is 12.3. The van der Waals surface area contributed by atoms with E-state index in [4.69, 9.17) is 5.11 Å². The molecule has 0 bridgehead atoms. The van der Waals surface area contributed by atoms with Gasteiger partial charge >= 0.3 is 6.09 Å². The fraction of sp³-hybridized carbons (Fsp3) is 0.857. The molecule has 0 saturated carbocycles. The monoisotopic (exact) mass is 301 g/mol. The van der Waals surface area contributed by atoms with Gasteiger partial charge in [-0.2, -0.15) is 0 Å². The van der Waals surface area contributed by atoms with Gasteiger partial charge in [-0.25, -0.2) is 4.79 Å². The largest absolute Gasteiger partial charge is 0.465 e. The summed E-state index contributed by atoms with van der Waals surface area (Å²) in [5.74, 6) is 0.153. The minimum Gasteiger partial charge on any atom is -0.465 e. The predicted octanol–water partition coefficient (Wildman–Crippen LogP) is 0.144. The van der Waals surface area contributed by atoms with Crippen molar-refractivity contribution in [1.82, 2.24) is 16.0 Å². The molecule has 1 rings (SSSR count). The van der Waals surface area contributed by atoms with Crippen molar-refractivity contribution >= 4 is 12.0 Å². The third kappa shape index (κ3) is 6.31. The summed E-state index contributed by atoms with van der Waals surface area (Å²) in [6, 6.07) is -1.14. The Balaban J connectivity index is 2.67. The summed E-state index contributed by atoms with van der Waals surface area (Å²) < 4.78 is 0. The first-order valence-electron chi connectivity index (χ1n) is 7.48. The molecule has 0 spiro atoms. The number of aliphatic hydroxyl groups excluding tert-OH is 1. The highest BCUT2D eigenvalue weighted by molar-refractivity contribution is 5.85. The Kier molecular flexibility index (Phi) is 6.91. The molecule has 1 fully saturated rings. The first kappa shape index (κ1) is 17.7. The van der Waals surface area contributed by atoms with E-state index in [0.29, 0.717) is 25.3 Å². The summed E-state index contributed by atoms with van der Waals surface area (Å²) >= 11 is 0. The minimum atomic E-state index is -1.22. The van der Waals surface area contributed by atoms with Crippen molar-refractivity contribution < 1.29 is 19.8 Å². The molecule has 0 aromatic rings. The van der Waals surface area contributed by atoms with Crippen LogP contribution in [0.4, 0.5) is 4.79 Å². The van der Waals surface area contributed by atoms with Crippen LogP contribution in [0.25, 0.3) is 0 Å². The van der Waals surface area contributed by atoms with E-state index < -0.39 is 18.2 Å². The number of amides is 2. The Morgan fingerprint density at radius 2 is 2.00 bits per heavy atom. The highest BCUT2D eigenvalue weighted by Crippen LogP contribution is 2.13. The van der Waals surface area contributed by atoms with E-state index in [1.807, 2.05) is 20.8 Å². The first-order chi connectivity index (χ1) is 9.79. The summed E-state index contributed by atoms with van der Waals surface area (Å²) in [5, 5.41) is 27.1. The van der Waals surface area contributed by atoms with E-state index in [1.54, 1.807) is 0 Å². The van der Waals surface area contributed by atoms with Gasteiger partial charge in [-0.05, 0) is 31.2 Å². The molecule has 21 heavy (non-hydrogen) atoms. The van der Waals surface area contributed by atoms with Crippen molar-refractivity contribution in [3.63, 3.8) is 0 Å². The van der Waals surface area contributed by atoms with Crippen molar-refractivity contribution in [2.45, 2.75) is 51.8 Å². The van der Waals surface area contributed by atoms with E-state index in [1.165, 1.54) is 0 Å². The lowest BCUT2D eigenvalue weighted by Gasteiger charge is -2.26. The molecule has 2 amide bonds. The molecule has 1 saturated heterocycles. The van der Waals surface area contributed by atoms with Crippen LogP contribution in [-0.4, -0.2) is 53.5 Å². The summed E-state index contributed by atoms with van der Waals surface area (Å²) in [6.07, 6.45) is -0.786. The average Bonchev–Trinajstić information content (AvgIpc) is 2.49. The fourth-order valence-electron chi connectivity index (χ4n) is 2.58. The van der Waals surface area contributed by atoms with Gasteiger partial charge in [0.1, 0.15) is 6.04 Å². The van der Waals surface area contributed by atoms with Gasteiger partial charge in [-0.3, -0.25) is 4.79 Å². The number of aliphatic hydroxyl groups is 1. The van der Waals surface area contributed by atoms with Crippen LogP contribution in [0.1, 0.15) is 33.6 Å². The van der Waals surface area contributed by atoms with Crippen LogP contribution in [0.3, 0.4) is 0 Å². The number of hydrogen-bond acceptors (Lipinski definition) is 4. The number of carbonyl (C=O) groups is 2. The van der Waals surface area contributed by atoms with Crippen LogP contribution in [0, 0.1) is 11.8 Å². The SMILES string of the molecule is CC(C)CC(NC(=O)O)C(=O)NC1CC(C)CNC[C@@H]1O. The third-order valence-electron chi connectivity index (χ3n) is 3.62. The maximum atomic E-state index is 12.3. The van der Waals surface area contributed by atoms with Crippen LogP contribution in [-0.2, 0) is 4.79 Å². The number of β-amino-alcohol motifs (C(OH)–C–C–N with tert-alkyl or cyclic N) is 1. The van der Waals surface area contributed by atoms with Crippen LogP contribution in [0.5, 0.6) is 0 Å². The predicted molar refractivity (Wildman–Crippen MR) is 79.0 cm³/mol. The summed E-state index contributed by atoms with van der Waals surface area (Å²) in [4.78, 5) is 23.1. The number of carboxylic acid groups (broad SMARTS) is 1. The fourth-order valence-corrected chi connectivity index (χ4v) is 2.58. The zero-order valence-corrected chi connectivity index (χ0v) is 12.9. The van der Waals surface area contributed by atoms with Gasteiger partial charge in [0.05, 0.1) is 12.1 Å². The zero-order chi connectivity index (χ0) is 16.0. The van der Waals surface area contributed by atoms with Gasteiger partial charge in [0.25, 0.3) is 0 Å². The Morgan fingerprint density at radius 3 is 2.57 bits per heavy atom. The molecule has 5 N–H and O–H groups in total. The van der Waals surface area contributed by atoms with E-state index in [-0.39, 0.29) is 17.9 Å². The number of carbonyl (C=O) groups excluding carboxylic acids is 1. The molecule has 0 radical (unpaired) electrons. The van der Waals surface area contributed by atoms with Gasteiger partial charge in [-0.15, -0.1) is 0 Å². The molecular weight excluding hydrogens is 274 g/mol. The Hall–Kier alpha value is -1.34. The van der Waals surface area contributed by atoms with E-state index in [2.05, 4.69) is 16.0 Å². The summed E-state index contributed by atoms with van der Waals surface area (Å²) in [7, 11) is 0. The number of hydrogen-bond donors (Lipinski definition) is 5. The van der Waals surface area contributed by atoms with E-state index in [0.717, 1.165) is 6.54 Å². The quantitative estimate of drug-likeness (QED) is 0.496. The van der Waals surface area contributed by atoms with Crippen LogP contribution < -0.4 is 16.0 Å². The zero-order valence-electron chi connectivity index (χ0n) is 12.9. The Morgan fingerprint density at radius 1 is 1.33 bits per heavy atom.